The number of benzene rings is 2. The molecule has 0 bridgehead atoms. The molecule has 1 amide bonds. The Bertz CT molecular complexity index is 1070. The largest absolute Gasteiger partial charge is 0.497 e. The third-order valence-corrected chi connectivity index (χ3v) is 6.99. The van der Waals surface area contributed by atoms with Crippen LogP contribution in [0.3, 0.4) is 0 Å². The van der Waals surface area contributed by atoms with E-state index in [1.807, 2.05) is 60.8 Å². The van der Waals surface area contributed by atoms with E-state index in [9.17, 15) is 9.59 Å². The minimum absolute atomic E-state index is 0.0812. The zero-order chi connectivity index (χ0) is 23.8. The average Bonchev–Trinajstić information content (AvgIpc) is 3.29. The van der Waals surface area contributed by atoms with E-state index in [4.69, 9.17) is 9.84 Å². The van der Waals surface area contributed by atoms with Crippen molar-refractivity contribution in [2.75, 3.05) is 19.0 Å². The van der Waals surface area contributed by atoms with E-state index in [-0.39, 0.29) is 12.5 Å². The number of rotatable bonds is 11. The van der Waals surface area contributed by atoms with Gasteiger partial charge in [-0.2, -0.15) is 0 Å². The van der Waals surface area contributed by atoms with Crippen molar-refractivity contribution in [3.8, 4) is 5.75 Å². The molecule has 1 heterocycles. The first-order valence-electron chi connectivity index (χ1n) is 10.5. The van der Waals surface area contributed by atoms with Crippen LogP contribution in [-0.4, -0.2) is 40.8 Å². The van der Waals surface area contributed by atoms with Crippen LogP contribution >= 0.6 is 23.1 Å². The fourth-order valence-corrected chi connectivity index (χ4v) is 4.82. The minimum Gasteiger partial charge on any atom is -0.497 e. The van der Waals surface area contributed by atoms with Crippen molar-refractivity contribution in [3.05, 3.63) is 76.0 Å². The Hall–Kier alpha value is -2.81. The molecule has 0 aliphatic rings. The summed E-state index contributed by atoms with van der Waals surface area (Å²) in [6, 6.07) is 17.5. The second kappa shape index (κ2) is 11.9. The van der Waals surface area contributed by atoms with E-state index in [0.717, 1.165) is 27.5 Å². The second-order valence-electron chi connectivity index (χ2n) is 7.70. The zero-order valence-electron chi connectivity index (χ0n) is 18.9. The van der Waals surface area contributed by atoms with Crippen LogP contribution in [0.25, 0.3) is 0 Å². The molecule has 1 atom stereocenters. The highest BCUT2D eigenvalue weighted by Gasteiger charge is 2.15. The molecule has 0 spiro atoms. The van der Waals surface area contributed by atoms with Gasteiger partial charge in [0.05, 0.1) is 13.7 Å². The summed E-state index contributed by atoms with van der Waals surface area (Å²) in [5.41, 5.74) is 2.77. The molecule has 33 heavy (non-hydrogen) atoms. The average molecular weight is 485 g/mol. The molecule has 0 aliphatic heterocycles. The first kappa shape index (κ1) is 24.8. The lowest BCUT2D eigenvalue weighted by atomic mass is 10.2. The monoisotopic (exact) mass is 484 g/mol. The third-order valence-electron chi connectivity index (χ3n) is 5.02. The van der Waals surface area contributed by atoms with Crippen LogP contribution in [0.15, 0.2) is 64.9 Å². The highest BCUT2D eigenvalue weighted by atomic mass is 32.2. The van der Waals surface area contributed by atoms with Crippen LogP contribution in [0.5, 0.6) is 5.75 Å². The molecule has 8 heteroatoms. The Labute approximate surface area is 202 Å². The van der Waals surface area contributed by atoms with Gasteiger partial charge < -0.3 is 15.2 Å². The lowest BCUT2D eigenvalue weighted by molar-refractivity contribution is -0.136. The standard InChI is InChI=1S/C25H28N2O4S2/c1-17-13-20(31-3)8-11-23(17)26-24(28)16-27(15-22-5-4-12-32-22)14-19-6-9-21(10-7-19)33-18(2)25(29)30/h4-13,18H,14-16H2,1-3H3,(H,26,28)(H,29,30). The van der Waals surface area contributed by atoms with Gasteiger partial charge in [0.15, 0.2) is 0 Å². The Kier molecular flexibility index (Phi) is 8.94. The lowest BCUT2D eigenvalue weighted by Gasteiger charge is -2.22. The summed E-state index contributed by atoms with van der Waals surface area (Å²) in [4.78, 5) is 28.1. The highest BCUT2D eigenvalue weighted by Crippen LogP contribution is 2.25. The lowest BCUT2D eigenvalue weighted by Crippen LogP contribution is -2.32. The number of aryl methyl sites for hydroxylation is 1. The van der Waals surface area contributed by atoms with Crippen LogP contribution in [0.1, 0.15) is 22.9 Å². The van der Waals surface area contributed by atoms with Crippen molar-refractivity contribution in [3.63, 3.8) is 0 Å². The van der Waals surface area contributed by atoms with Crippen molar-refractivity contribution in [1.82, 2.24) is 4.90 Å². The second-order valence-corrected chi connectivity index (χ2v) is 10.1. The number of nitrogens with zero attached hydrogens (tertiary/aromatic N) is 1. The summed E-state index contributed by atoms with van der Waals surface area (Å²) in [6.45, 7) is 5.13. The van der Waals surface area contributed by atoms with Crippen LogP contribution in [-0.2, 0) is 22.7 Å². The van der Waals surface area contributed by atoms with Gasteiger partial charge in [-0.25, -0.2) is 0 Å². The van der Waals surface area contributed by atoms with Gasteiger partial charge in [0.25, 0.3) is 0 Å². The number of methoxy groups -OCH3 is 1. The molecule has 0 radical (unpaired) electrons. The molecule has 0 saturated heterocycles. The van der Waals surface area contributed by atoms with Crippen molar-refractivity contribution in [2.24, 2.45) is 0 Å². The molecule has 0 fully saturated rings. The van der Waals surface area contributed by atoms with Crippen molar-refractivity contribution >= 4 is 40.7 Å². The Morgan fingerprint density at radius 2 is 1.91 bits per heavy atom. The van der Waals surface area contributed by atoms with E-state index in [0.29, 0.717) is 13.1 Å². The van der Waals surface area contributed by atoms with E-state index >= 15 is 0 Å². The first-order valence-corrected chi connectivity index (χ1v) is 12.3. The molecule has 2 N–H and O–H groups in total. The number of hydrogen-bond donors (Lipinski definition) is 2. The first-order chi connectivity index (χ1) is 15.8. The Morgan fingerprint density at radius 1 is 1.15 bits per heavy atom. The van der Waals surface area contributed by atoms with Crippen LogP contribution in [0.4, 0.5) is 5.69 Å². The molecule has 1 aromatic heterocycles. The third kappa shape index (κ3) is 7.63. The number of anilines is 1. The number of carboxylic acid groups (broad SMARTS) is 1. The smallest absolute Gasteiger partial charge is 0.316 e. The minimum atomic E-state index is -0.829. The zero-order valence-corrected chi connectivity index (χ0v) is 20.5. The van der Waals surface area contributed by atoms with E-state index in [2.05, 4.69) is 16.3 Å². The van der Waals surface area contributed by atoms with E-state index in [1.165, 1.54) is 16.6 Å². The predicted octanol–water partition coefficient (Wildman–Crippen LogP) is 5.27. The Morgan fingerprint density at radius 3 is 2.52 bits per heavy atom. The Balaban J connectivity index is 1.67. The maximum atomic E-state index is 12.8. The van der Waals surface area contributed by atoms with E-state index < -0.39 is 11.2 Å². The topological polar surface area (TPSA) is 78.9 Å². The van der Waals surface area contributed by atoms with Crippen molar-refractivity contribution < 1.29 is 19.4 Å². The van der Waals surface area contributed by atoms with Gasteiger partial charge in [-0.1, -0.05) is 18.2 Å². The van der Waals surface area contributed by atoms with Gasteiger partial charge in [-0.05, 0) is 66.8 Å². The quantitative estimate of drug-likeness (QED) is 0.361. The van der Waals surface area contributed by atoms with Gasteiger partial charge in [-0.3, -0.25) is 14.5 Å². The van der Waals surface area contributed by atoms with Gasteiger partial charge in [-0.15, -0.1) is 23.1 Å². The summed E-state index contributed by atoms with van der Waals surface area (Å²) in [7, 11) is 1.62. The summed E-state index contributed by atoms with van der Waals surface area (Å²) in [5.74, 6) is -0.157. The van der Waals surface area contributed by atoms with Crippen LogP contribution in [0.2, 0.25) is 0 Å². The molecule has 0 saturated carbocycles. The maximum Gasteiger partial charge on any atom is 0.316 e. The number of carbonyl (C=O) groups excluding carboxylic acids is 1. The number of hydrogen-bond acceptors (Lipinski definition) is 6. The molecule has 1 unspecified atom stereocenters. The highest BCUT2D eigenvalue weighted by molar-refractivity contribution is 8.00. The van der Waals surface area contributed by atoms with Gasteiger partial charge >= 0.3 is 5.97 Å². The summed E-state index contributed by atoms with van der Waals surface area (Å²) in [6.07, 6.45) is 0. The summed E-state index contributed by atoms with van der Waals surface area (Å²) < 4.78 is 5.24. The van der Waals surface area contributed by atoms with Crippen LogP contribution in [0, 0.1) is 6.92 Å². The number of thioether (sulfide) groups is 1. The predicted molar refractivity (Wildman–Crippen MR) is 134 cm³/mol. The summed E-state index contributed by atoms with van der Waals surface area (Å²) >= 11 is 2.98. The number of ether oxygens (including phenoxy) is 1. The van der Waals surface area contributed by atoms with Gasteiger partial charge in [0, 0.05) is 28.5 Å². The molecule has 0 aliphatic carbocycles. The van der Waals surface area contributed by atoms with Gasteiger partial charge in [0.1, 0.15) is 11.0 Å². The van der Waals surface area contributed by atoms with Gasteiger partial charge in [0.2, 0.25) is 5.91 Å². The SMILES string of the molecule is COc1ccc(NC(=O)CN(Cc2ccc(SC(C)C(=O)O)cc2)Cc2cccs2)c(C)c1. The normalized spacial score (nSPS) is 11.9. The van der Waals surface area contributed by atoms with E-state index in [1.54, 1.807) is 25.4 Å². The number of aliphatic carboxylic acids is 1. The molecular formula is C25H28N2O4S2. The summed E-state index contributed by atoms with van der Waals surface area (Å²) in [5, 5.41) is 13.6. The number of nitrogens with one attached hydrogen (secondary N) is 1. The van der Waals surface area contributed by atoms with Crippen LogP contribution < -0.4 is 10.1 Å². The van der Waals surface area contributed by atoms with Crippen molar-refractivity contribution in [2.45, 2.75) is 37.1 Å². The molecule has 3 aromatic rings. The number of carbonyl (C=O) groups is 2. The fraction of sp³-hybridized carbons (Fsp3) is 0.280. The maximum absolute atomic E-state index is 12.8. The number of thiophene rings is 1. The number of carboxylic acids is 1. The molecule has 174 valence electrons. The molecular weight excluding hydrogens is 456 g/mol. The van der Waals surface area contributed by atoms with Crippen molar-refractivity contribution in [1.29, 1.82) is 0 Å². The molecule has 3 rings (SSSR count). The molecule has 2 aromatic carbocycles. The fourth-order valence-electron chi connectivity index (χ4n) is 3.27. The number of amides is 1. The molecule has 6 nitrogen and oxygen atoms in total.